The summed E-state index contributed by atoms with van der Waals surface area (Å²) in [7, 11) is 0. The summed E-state index contributed by atoms with van der Waals surface area (Å²) in [4.78, 5) is 12.4. The first-order chi connectivity index (χ1) is 12.5. The fraction of sp³-hybridized carbons (Fsp3) is 0.190. The van der Waals surface area contributed by atoms with Gasteiger partial charge in [-0.1, -0.05) is 48.0 Å². The highest BCUT2D eigenvalue weighted by atomic mass is 16.2. The van der Waals surface area contributed by atoms with Gasteiger partial charge in [0.15, 0.2) is 11.5 Å². The highest BCUT2D eigenvalue weighted by Gasteiger charge is 2.13. The van der Waals surface area contributed by atoms with Crippen molar-refractivity contribution in [2.24, 2.45) is 0 Å². The molecule has 0 saturated heterocycles. The van der Waals surface area contributed by atoms with Crippen LogP contribution in [0.5, 0.6) is 0 Å². The number of nitrogens with one attached hydrogen (secondary N) is 2. The maximum Gasteiger partial charge on any atom is 0.272 e. The second kappa shape index (κ2) is 7.78. The van der Waals surface area contributed by atoms with Crippen LogP contribution in [0, 0.1) is 13.8 Å². The molecule has 132 valence electrons. The van der Waals surface area contributed by atoms with Crippen LogP contribution in [-0.2, 0) is 0 Å². The molecule has 1 unspecified atom stereocenters. The van der Waals surface area contributed by atoms with Crippen molar-refractivity contribution in [2.45, 2.75) is 26.8 Å². The Morgan fingerprint density at radius 2 is 1.73 bits per heavy atom. The van der Waals surface area contributed by atoms with Crippen molar-refractivity contribution in [2.75, 3.05) is 5.32 Å². The lowest BCUT2D eigenvalue weighted by molar-refractivity contribution is 0.0934. The summed E-state index contributed by atoms with van der Waals surface area (Å²) in [6, 6.07) is 19.3. The van der Waals surface area contributed by atoms with E-state index in [0.29, 0.717) is 11.5 Å². The smallest absolute Gasteiger partial charge is 0.272 e. The van der Waals surface area contributed by atoms with E-state index >= 15 is 0 Å². The lowest BCUT2D eigenvalue weighted by Crippen LogP contribution is -2.27. The van der Waals surface area contributed by atoms with E-state index in [9.17, 15) is 4.79 Å². The van der Waals surface area contributed by atoms with E-state index in [0.717, 1.165) is 16.8 Å². The molecule has 1 aromatic heterocycles. The minimum Gasteiger partial charge on any atom is -0.344 e. The minimum absolute atomic E-state index is 0.0986. The van der Waals surface area contributed by atoms with Gasteiger partial charge in [0.2, 0.25) is 0 Å². The molecule has 1 heterocycles. The standard InChI is InChI=1S/C21H22N4O/c1-14-9-10-18(15(2)13-14)23-20-12-11-19(24-25-20)21(26)22-16(3)17-7-5-4-6-8-17/h4-13,16H,1-3H3,(H,22,26)(H,23,25). The fourth-order valence-corrected chi connectivity index (χ4v) is 2.71. The number of rotatable bonds is 5. The van der Waals surface area contributed by atoms with E-state index in [1.54, 1.807) is 12.1 Å². The Bertz CT molecular complexity index is 892. The Kier molecular flexibility index (Phi) is 5.27. The third-order valence-electron chi connectivity index (χ3n) is 4.19. The van der Waals surface area contributed by atoms with Crippen LogP contribution in [0.2, 0.25) is 0 Å². The number of hydrogen-bond donors (Lipinski definition) is 2. The van der Waals surface area contributed by atoms with E-state index in [4.69, 9.17) is 0 Å². The molecule has 26 heavy (non-hydrogen) atoms. The second-order valence-corrected chi connectivity index (χ2v) is 6.35. The summed E-state index contributed by atoms with van der Waals surface area (Å²) in [6.45, 7) is 6.03. The van der Waals surface area contributed by atoms with Crippen molar-refractivity contribution in [3.63, 3.8) is 0 Å². The second-order valence-electron chi connectivity index (χ2n) is 6.35. The zero-order valence-electron chi connectivity index (χ0n) is 15.2. The van der Waals surface area contributed by atoms with Crippen LogP contribution in [-0.4, -0.2) is 16.1 Å². The predicted molar refractivity (Wildman–Crippen MR) is 104 cm³/mol. The third-order valence-corrected chi connectivity index (χ3v) is 4.19. The summed E-state index contributed by atoms with van der Waals surface area (Å²) in [5.74, 6) is 0.358. The first-order valence-corrected chi connectivity index (χ1v) is 8.57. The molecule has 0 radical (unpaired) electrons. The van der Waals surface area contributed by atoms with Gasteiger partial charge in [0.1, 0.15) is 0 Å². The molecule has 0 spiro atoms. The number of hydrogen-bond acceptors (Lipinski definition) is 4. The molecule has 5 nitrogen and oxygen atoms in total. The molecule has 0 aliphatic heterocycles. The molecule has 0 aliphatic carbocycles. The van der Waals surface area contributed by atoms with Crippen LogP contribution >= 0.6 is 0 Å². The number of amides is 1. The molecule has 2 N–H and O–H groups in total. The Hall–Kier alpha value is -3.21. The quantitative estimate of drug-likeness (QED) is 0.722. The Morgan fingerprint density at radius 3 is 2.38 bits per heavy atom. The zero-order valence-corrected chi connectivity index (χ0v) is 15.2. The lowest BCUT2D eigenvalue weighted by Gasteiger charge is -2.14. The average molecular weight is 346 g/mol. The minimum atomic E-state index is -0.244. The normalized spacial score (nSPS) is 11.7. The molecule has 0 saturated carbocycles. The van der Waals surface area contributed by atoms with E-state index in [-0.39, 0.29) is 11.9 Å². The van der Waals surface area contributed by atoms with E-state index < -0.39 is 0 Å². The molecular formula is C21H22N4O. The maximum absolute atomic E-state index is 12.4. The lowest BCUT2D eigenvalue weighted by atomic mass is 10.1. The van der Waals surface area contributed by atoms with Crippen molar-refractivity contribution in [1.29, 1.82) is 0 Å². The van der Waals surface area contributed by atoms with Crippen molar-refractivity contribution in [1.82, 2.24) is 15.5 Å². The van der Waals surface area contributed by atoms with Crippen molar-refractivity contribution < 1.29 is 4.79 Å². The highest BCUT2D eigenvalue weighted by Crippen LogP contribution is 2.20. The van der Waals surface area contributed by atoms with Gasteiger partial charge < -0.3 is 10.6 Å². The van der Waals surface area contributed by atoms with E-state index in [1.165, 1.54) is 5.56 Å². The highest BCUT2D eigenvalue weighted by molar-refractivity contribution is 5.92. The molecule has 0 fully saturated rings. The number of benzene rings is 2. The fourth-order valence-electron chi connectivity index (χ4n) is 2.71. The summed E-state index contributed by atoms with van der Waals surface area (Å²) in [6.07, 6.45) is 0. The molecule has 0 aliphatic rings. The number of anilines is 2. The topological polar surface area (TPSA) is 66.9 Å². The number of aromatic nitrogens is 2. The van der Waals surface area contributed by atoms with Crippen LogP contribution in [0.25, 0.3) is 0 Å². The van der Waals surface area contributed by atoms with E-state index in [1.807, 2.05) is 56.3 Å². The van der Waals surface area contributed by atoms with Gasteiger partial charge >= 0.3 is 0 Å². The van der Waals surface area contributed by atoms with E-state index in [2.05, 4.69) is 33.8 Å². The van der Waals surface area contributed by atoms with Crippen LogP contribution in [0.3, 0.4) is 0 Å². The van der Waals surface area contributed by atoms with Crippen molar-refractivity contribution in [3.05, 3.63) is 83.0 Å². The summed E-state index contributed by atoms with van der Waals surface area (Å²) in [5, 5.41) is 14.3. The Balaban J connectivity index is 1.66. The van der Waals surface area contributed by atoms with Crippen LogP contribution in [0.1, 0.15) is 40.1 Å². The van der Waals surface area contributed by atoms with Gasteiger partial charge in [-0.15, -0.1) is 10.2 Å². The van der Waals surface area contributed by atoms with Crippen molar-refractivity contribution in [3.8, 4) is 0 Å². The first kappa shape index (κ1) is 17.6. The first-order valence-electron chi connectivity index (χ1n) is 8.57. The van der Waals surface area contributed by atoms with Crippen LogP contribution < -0.4 is 10.6 Å². The number of aryl methyl sites for hydroxylation is 2. The largest absolute Gasteiger partial charge is 0.344 e. The van der Waals surface area contributed by atoms with Gasteiger partial charge in [-0.25, -0.2) is 0 Å². The SMILES string of the molecule is Cc1ccc(Nc2ccc(C(=O)NC(C)c3ccccc3)nn2)c(C)c1. The molecule has 1 amide bonds. The summed E-state index contributed by atoms with van der Waals surface area (Å²) < 4.78 is 0. The molecule has 5 heteroatoms. The third kappa shape index (κ3) is 4.25. The molecule has 0 bridgehead atoms. The number of carbonyl (C=O) groups is 1. The number of carbonyl (C=O) groups excluding carboxylic acids is 1. The summed E-state index contributed by atoms with van der Waals surface area (Å²) >= 11 is 0. The van der Waals surface area contributed by atoms with Crippen LogP contribution in [0.4, 0.5) is 11.5 Å². The maximum atomic E-state index is 12.4. The van der Waals surface area contributed by atoms with Gasteiger partial charge in [-0.3, -0.25) is 4.79 Å². The monoisotopic (exact) mass is 346 g/mol. The molecule has 3 rings (SSSR count). The molecule has 2 aromatic carbocycles. The predicted octanol–water partition coefficient (Wildman–Crippen LogP) is 4.33. The molecule has 3 aromatic rings. The van der Waals surface area contributed by atoms with Gasteiger partial charge in [0, 0.05) is 5.69 Å². The van der Waals surface area contributed by atoms with Gasteiger partial charge in [0.05, 0.1) is 6.04 Å². The van der Waals surface area contributed by atoms with Gasteiger partial charge in [-0.05, 0) is 50.1 Å². The molecular weight excluding hydrogens is 324 g/mol. The zero-order chi connectivity index (χ0) is 18.5. The Labute approximate surface area is 153 Å². The molecule has 1 atom stereocenters. The number of nitrogens with zero attached hydrogens (tertiary/aromatic N) is 2. The Morgan fingerprint density at radius 1 is 0.962 bits per heavy atom. The summed E-state index contributed by atoms with van der Waals surface area (Å²) in [5.41, 5.74) is 4.64. The van der Waals surface area contributed by atoms with Gasteiger partial charge in [0.25, 0.3) is 5.91 Å². The van der Waals surface area contributed by atoms with Crippen LogP contribution in [0.15, 0.2) is 60.7 Å². The van der Waals surface area contributed by atoms with Crippen molar-refractivity contribution >= 4 is 17.4 Å². The van der Waals surface area contributed by atoms with Gasteiger partial charge in [-0.2, -0.15) is 0 Å². The average Bonchev–Trinajstić information content (AvgIpc) is 2.65.